The Kier molecular flexibility index (Phi) is 5.36. The molecule has 92 valence electrons. The number of ether oxygens (including phenoxy) is 1. The first-order valence-corrected chi connectivity index (χ1v) is 7.11. The molecule has 1 rings (SSSR count). The van der Waals surface area contributed by atoms with E-state index in [2.05, 4.69) is 4.72 Å². The summed E-state index contributed by atoms with van der Waals surface area (Å²) in [4.78, 5) is 0.955. The van der Waals surface area contributed by atoms with Crippen molar-refractivity contribution in [1.82, 2.24) is 4.72 Å². The maximum Gasteiger partial charge on any atom is 0.250 e. The highest BCUT2D eigenvalue weighted by Crippen LogP contribution is 2.19. The van der Waals surface area contributed by atoms with Gasteiger partial charge in [-0.25, -0.2) is 13.1 Å². The molecular weight excluding hydrogens is 250 g/mol. The zero-order valence-electron chi connectivity index (χ0n) is 8.97. The van der Waals surface area contributed by atoms with Gasteiger partial charge in [0, 0.05) is 11.4 Å². The molecule has 0 fully saturated rings. The summed E-state index contributed by atoms with van der Waals surface area (Å²) in [6.07, 6.45) is 0. The fourth-order valence-electron chi connectivity index (χ4n) is 1.04. The van der Waals surface area contributed by atoms with E-state index < -0.39 is 10.0 Å². The van der Waals surface area contributed by atoms with Gasteiger partial charge in [-0.3, -0.25) is 0 Å². The Labute approximate surface area is 99.1 Å². The number of thiophene rings is 1. The van der Waals surface area contributed by atoms with Crippen molar-refractivity contribution in [2.45, 2.75) is 11.1 Å². The molecule has 0 bridgehead atoms. The minimum absolute atomic E-state index is 0.0587. The van der Waals surface area contributed by atoms with Gasteiger partial charge in [0.15, 0.2) is 0 Å². The first-order chi connectivity index (χ1) is 7.56. The van der Waals surface area contributed by atoms with E-state index >= 15 is 0 Å². The quantitative estimate of drug-likeness (QED) is 0.697. The van der Waals surface area contributed by atoms with Crippen molar-refractivity contribution in [2.75, 3.05) is 26.4 Å². The zero-order chi connectivity index (χ0) is 12.0. The largest absolute Gasteiger partial charge is 0.394 e. The first kappa shape index (κ1) is 13.6. The second-order valence-electron chi connectivity index (χ2n) is 3.10. The molecule has 0 saturated carbocycles. The van der Waals surface area contributed by atoms with Gasteiger partial charge in [-0.05, 0) is 19.1 Å². The van der Waals surface area contributed by atoms with Gasteiger partial charge in [-0.15, -0.1) is 11.3 Å². The van der Waals surface area contributed by atoms with E-state index in [1.54, 1.807) is 12.1 Å². The van der Waals surface area contributed by atoms with Gasteiger partial charge in [-0.2, -0.15) is 0 Å². The van der Waals surface area contributed by atoms with Gasteiger partial charge in [0.1, 0.15) is 4.21 Å². The third kappa shape index (κ3) is 4.18. The average molecular weight is 265 g/mol. The summed E-state index contributed by atoms with van der Waals surface area (Å²) in [5, 5.41) is 8.44. The molecule has 2 N–H and O–H groups in total. The molecule has 1 aromatic heterocycles. The second kappa shape index (κ2) is 6.31. The third-order valence-corrected chi connectivity index (χ3v) is 4.71. The summed E-state index contributed by atoms with van der Waals surface area (Å²) in [6.45, 7) is 2.48. The first-order valence-electron chi connectivity index (χ1n) is 4.81. The molecular formula is C9H15NO4S2. The van der Waals surface area contributed by atoms with Gasteiger partial charge in [0.05, 0.1) is 19.8 Å². The predicted octanol–water partition coefficient (Wildman–Crippen LogP) is 0.344. The van der Waals surface area contributed by atoms with Crippen molar-refractivity contribution in [2.24, 2.45) is 0 Å². The van der Waals surface area contributed by atoms with E-state index in [1.165, 1.54) is 11.3 Å². The molecule has 1 heterocycles. The monoisotopic (exact) mass is 265 g/mol. The Morgan fingerprint density at radius 3 is 2.75 bits per heavy atom. The topological polar surface area (TPSA) is 75.6 Å². The predicted molar refractivity (Wildman–Crippen MR) is 62.1 cm³/mol. The van der Waals surface area contributed by atoms with Crippen LogP contribution < -0.4 is 4.72 Å². The fourth-order valence-corrected chi connectivity index (χ4v) is 3.38. The molecule has 0 saturated heterocycles. The van der Waals surface area contributed by atoms with Crippen molar-refractivity contribution < 1.29 is 18.3 Å². The number of hydrogen-bond donors (Lipinski definition) is 2. The van der Waals surface area contributed by atoms with E-state index in [4.69, 9.17) is 9.84 Å². The van der Waals surface area contributed by atoms with Crippen LogP contribution in [0.3, 0.4) is 0 Å². The minimum Gasteiger partial charge on any atom is -0.394 e. The third-order valence-electron chi connectivity index (χ3n) is 1.75. The van der Waals surface area contributed by atoms with Gasteiger partial charge in [0.25, 0.3) is 0 Å². The molecule has 1 aromatic rings. The van der Waals surface area contributed by atoms with Crippen LogP contribution in [0.1, 0.15) is 4.88 Å². The van der Waals surface area contributed by atoms with E-state index in [-0.39, 0.29) is 26.4 Å². The molecule has 0 aromatic carbocycles. The average Bonchev–Trinajstić information content (AvgIpc) is 2.65. The fraction of sp³-hybridized carbons (Fsp3) is 0.556. The van der Waals surface area contributed by atoms with Crippen LogP contribution in [0.25, 0.3) is 0 Å². The van der Waals surface area contributed by atoms with Crippen LogP contribution in [-0.4, -0.2) is 39.9 Å². The normalized spacial score (nSPS) is 11.9. The molecule has 0 atom stereocenters. The highest BCUT2D eigenvalue weighted by atomic mass is 32.2. The van der Waals surface area contributed by atoms with E-state index in [9.17, 15) is 8.42 Å². The minimum atomic E-state index is -3.40. The maximum absolute atomic E-state index is 11.7. The number of hydrogen-bond acceptors (Lipinski definition) is 5. The molecule has 0 aliphatic rings. The molecule has 16 heavy (non-hydrogen) atoms. The van der Waals surface area contributed by atoms with Crippen LogP contribution in [0.5, 0.6) is 0 Å². The molecule has 0 aliphatic heterocycles. The number of nitrogens with one attached hydrogen (secondary N) is 1. The lowest BCUT2D eigenvalue weighted by Crippen LogP contribution is -2.27. The Bertz CT molecular complexity index is 413. The maximum atomic E-state index is 11.7. The van der Waals surface area contributed by atoms with Crippen molar-refractivity contribution >= 4 is 21.4 Å². The zero-order valence-corrected chi connectivity index (χ0v) is 10.6. The number of aliphatic hydroxyl groups excluding tert-OH is 1. The van der Waals surface area contributed by atoms with Crippen LogP contribution >= 0.6 is 11.3 Å². The number of aliphatic hydroxyl groups is 1. The van der Waals surface area contributed by atoms with Gasteiger partial charge < -0.3 is 9.84 Å². The van der Waals surface area contributed by atoms with Crippen LogP contribution in [0.4, 0.5) is 0 Å². The molecule has 0 aliphatic carbocycles. The number of aryl methyl sites for hydroxylation is 1. The van der Waals surface area contributed by atoms with E-state index in [0.29, 0.717) is 4.21 Å². The number of rotatable bonds is 7. The summed E-state index contributed by atoms with van der Waals surface area (Å²) >= 11 is 1.23. The van der Waals surface area contributed by atoms with Crippen LogP contribution in [0.2, 0.25) is 0 Å². The van der Waals surface area contributed by atoms with E-state index in [1.807, 2.05) is 6.92 Å². The van der Waals surface area contributed by atoms with Crippen LogP contribution in [-0.2, 0) is 14.8 Å². The summed E-state index contributed by atoms with van der Waals surface area (Å²) < 4.78 is 31.0. The smallest absolute Gasteiger partial charge is 0.250 e. The second-order valence-corrected chi connectivity index (χ2v) is 6.38. The summed E-state index contributed by atoms with van der Waals surface area (Å²) in [7, 11) is -3.40. The molecule has 0 amide bonds. The SMILES string of the molecule is Cc1ccc(S(=O)(=O)NCCOCCO)s1. The van der Waals surface area contributed by atoms with Crippen molar-refractivity contribution in [3.8, 4) is 0 Å². The standard InChI is InChI=1S/C9H15NO4S2/c1-8-2-3-9(15-8)16(12,13)10-4-6-14-7-5-11/h2-3,10-11H,4-7H2,1H3. The summed E-state index contributed by atoms with van der Waals surface area (Å²) in [5.74, 6) is 0. The highest BCUT2D eigenvalue weighted by Gasteiger charge is 2.14. The van der Waals surface area contributed by atoms with Crippen molar-refractivity contribution in [1.29, 1.82) is 0 Å². The molecule has 0 unspecified atom stereocenters. The summed E-state index contributed by atoms with van der Waals surface area (Å²) in [6, 6.07) is 3.35. The highest BCUT2D eigenvalue weighted by molar-refractivity contribution is 7.91. The lowest BCUT2D eigenvalue weighted by atomic mass is 10.5. The van der Waals surface area contributed by atoms with Crippen molar-refractivity contribution in [3.05, 3.63) is 17.0 Å². The Morgan fingerprint density at radius 2 is 2.19 bits per heavy atom. The van der Waals surface area contributed by atoms with Crippen molar-refractivity contribution in [3.63, 3.8) is 0 Å². The molecule has 0 spiro atoms. The molecule has 7 heteroatoms. The lowest BCUT2D eigenvalue weighted by molar-refractivity contribution is 0.0961. The van der Waals surface area contributed by atoms with Gasteiger partial charge in [-0.1, -0.05) is 0 Å². The number of sulfonamides is 1. The molecule has 5 nitrogen and oxygen atoms in total. The van der Waals surface area contributed by atoms with Crippen LogP contribution in [0, 0.1) is 6.92 Å². The summed E-state index contributed by atoms with van der Waals surface area (Å²) in [5.41, 5.74) is 0. The van der Waals surface area contributed by atoms with Crippen LogP contribution in [0.15, 0.2) is 16.3 Å². The molecule has 0 radical (unpaired) electrons. The van der Waals surface area contributed by atoms with Gasteiger partial charge in [0.2, 0.25) is 10.0 Å². The Balaban J connectivity index is 2.41. The lowest BCUT2D eigenvalue weighted by Gasteiger charge is -2.04. The van der Waals surface area contributed by atoms with E-state index in [0.717, 1.165) is 4.88 Å². The Morgan fingerprint density at radius 1 is 1.44 bits per heavy atom. The Hall–Kier alpha value is -0.470. The van der Waals surface area contributed by atoms with Gasteiger partial charge >= 0.3 is 0 Å².